The van der Waals surface area contributed by atoms with Gasteiger partial charge in [0, 0.05) is 25.7 Å². The van der Waals surface area contributed by atoms with Crippen molar-refractivity contribution in [1.29, 1.82) is 0 Å². The van der Waals surface area contributed by atoms with Crippen LogP contribution in [0.1, 0.15) is 68.4 Å². The van der Waals surface area contributed by atoms with Gasteiger partial charge in [-0.25, -0.2) is 0 Å². The maximum absolute atomic E-state index is 2.85. The van der Waals surface area contributed by atoms with Crippen molar-refractivity contribution in [2.45, 2.75) is 69.9 Å². The van der Waals surface area contributed by atoms with Crippen LogP contribution in [0.4, 0.5) is 0 Å². The molecule has 154 valence electrons. The van der Waals surface area contributed by atoms with Crippen molar-refractivity contribution in [2.24, 2.45) is 5.92 Å². The van der Waals surface area contributed by atoms with E-state index >= 15 is 0 Å². The molecule has 4 fully saturated rings. The molecule has 0 spiro atoms. The number of likely N-dealkylation sites (tertiary alicyclic amines) is 3. The first kappa shape index (κ1) is 19.1. The molecule has 0 radical (unpaired) electrons. The normalized spacial score (nSPS) is 32.2. The van der Waals surface area contributed by atoms with Crippen LogP contribution in [0.3, 0.4) is 0 Å². The van der Waals surface area contributed by atoms with E-state index < -0.39 is 0 Å². The monoisotopic (exact) mass is 381 g/mol. The number of benzene rings is 1. The van der Waals surface area contributed by atoms with Crippen LogP contribution >= 0.6 is 0 Å². The molecule has 0 N–H and O–H groups in total. The van der Waals surface area contributed by atoms with Crippen LogP contribution in [0.15, 0.2) is 24.3 Å². The topological polar surface area (TPSA) is 9.72 Å². The second kappa shape index (κ2) is 8.85. The molecule has 1 saturated carbocycles. The summed E-state index contributed by atoms with van der Waals surface area (Å²) in [7, 11) is 0. The Kier molecular flexibility index (Phi) is 6.03. The quantitative estimate of drug-likeness (QED) is 0.696. The van der Waals surface area contributed by atoms with E-state index in [1.165, 1.54) is 103 Å². The second-order valence-corrected chi connectivity index (χ2v) is 10.1. The lowest BCUT2D eigenvalue weighted by Gasteiger charge is -2.40. The molecule has 0 amide bonds. The third-order valence-electron chi connectivity index (χ3n) is 7.95. The van der Waals surface area contributed by atoms with Crippen LogP contribution in [0, 0.1) is 5.92 Å². The van der Waals surface area contributed by atoms with Gasteiger partial charge in [-0.1, -0.05) is 24.3 Å². The Morgan fingerprint density at radius 1 is 0.714 bits per heavy atom. The maximum Gasteiger partial charge on any atom is 0.0233 e. The Morgan fingerprint density at radius 3 is 2.11 bits per heavy atom. The molecule has 1 aromatic carbocycles. The molecule has 0 aromatic heterocycles. The first-order valence-electron chi connectivity index (χ1n) is 12.1. The van der Waals surface area contributed by atoms with Gasteiger partial charge in [0.2, 0.25) is 0 Å². The molecule has 3 nitrogen and oxygen atoms in total. The third kappa shape index (κ3) is 4.47. The molecule has 3 aliphatic heterocycles. The van der Waals surface area contributed by atoms with Gasteiger partial charge in [0.1, 0.15) is 0 Å². The van der Waals surface area contributed by atoms with Crippen LogP contribution in [0.25, 0.3) is 0 Å². The van der Waals surface area contributed by atoms with E-state index in [2.05, 4.69) is 39.0 Å². The minimum Gasteiger partial charge on any atom is -0.302 e. The molecular weight excluding hydrogens is 342 g/mol. The fraction of sp³-hybridized carbons (Fsp3) is 0.760. The van der Waals surface area contributed by atoms with E-state index in [9.17, 15) is 0 Å². The first-order chi connectivity index (χ1) is 13.8. The Hall–Kier alpha value is -0.900. The minimum absolute atomic E-state index is 0.825. The fourth-order valence-electron chi connectivity index (χ4n) is 6.19. The van der Waals surface area contributed by atoms with E-state index in [4.69, 9.17) is 0 Å². The van der Waals surface area contributed by atoms with Gasteiger partial charge >= 0.3 is 0 Å². The molecule has 0 bridgehead atoms. The maximum atomic E-state index is 2.85. The Labute approximate surface area is 172 Å². The summed E-state index contributed by atoms with van der Waals surface area (Å²) in [6.07, 6.45) is 11.3. The lowest BCUT2D eigenvalue weighted by Crippen LogP contribution is -2.43. The summed E-state index contributed by atoms with van der Waals surface area (Å²) in [4.78, 5) is 8.16. The number of rotatable bonds is 7. The molecule has 3 heterocycles. The molecule has 5 rings (SSSR count). The molecule has 3 heteroatoms. The molecule has 3 saturated heterocycles. The smallest absolute Gasteiger partial charge is 0.0233 e. The molecule has 4 aliphatic rings. The van der Waals surface area contributed by atoms with Crippen LogP contribution in [-0.2, 0) is 6.54 Å². The van der Waals surface area contributed by atoms with Crippen molar-refractivity contribution in [3.8, 4) is 0 Å². The molecule has 1 atom stereocenters. The zero-order valence-corrected chi connectivity index (χ0v) is 17.7. The summed E-state index contributed by atoms with van der Waals surface area (Å²) in [5, 5.41) is 0. The van der Waals surface area contributed by atoms with Crippen molar-refractivity contribution in [1.82, 2.24) is 14.7 Å². The van der Waals surface area contributed by atoms with Crippen molar-refractivity contribution in [3.63, 3.8) is 0 Å². The Balaban J connectivity index is 1.07. The Bertz CT molecular complexity index is 609. The highest BCUT2D eigenvalue weighted by Crippen LogP contribution is 2.42. The van der Waals surface area contributed by atoms with E-state index in [1.807, 2.05) is 0 Å². The predicted molar refractivity (Wildman–Crippen MR) is 117 cm³/mol. The van der Waals surface area contributed by atoms with Crippen molar-refractivity contribution < 1.29 is 0 Å². The van der Waals surface area contributed by atoms with E-state index in [0.717, 1.165) is 24.4 Å². The van der Waals surface area contributed by atoms with Gasteiger partial charge in [-0.3, -0.25) is 9.80 Å². The summed E-state index contributed by atoms with van der Waals surface area (Å²) in [5.41, 5.74) is 3.10. The average molecular weight is 382 g/mol. The predicted octanol–water partition coefficient (Wildman–Crippen LogP) is 4.34. The van der Waals surface area contributed by atoms with E-state index in [0.29, 0.717) is 0 Å². The van der Waals surface area contributed by atoms with Crippen LogP contribution in [0.2, 0.25) is 0 Å². The molecular formula is C25H39N3. The highest BCUT2D eigenvalue weighted by atomic mass is 15.2. The third-order valence-corrected chi connectivity index (χ3v) is 7.95. The summed E-state index contributed by atoms with van der Waals surface area (Å²) < 4.78 is 0. The number of hydrogen-bond acceptors (Lipinski definition) is 3. The summed E-state index contributed by atoms with van der Waals surface area (Å²) >= 11 is 0. The SMILES string of the molecule is c1cc(C2CC(CN3CCC[C@H]3CN3CCCC3)C2)ccc1CN1CCCC1. The van der Waals surface area contributed by atoms with Crippen molar-refractivity contribution in [2.75, 3.05) is 45.8 Å². The van der Waals surface area contributed by atoms with Gasteiger partial charge in [-0.15, -0.1) is 0 Å². The average Bonchev–Trinajstić information content (AvgIpc) is 3.43. The lowest BCUT2D eigenvalue weighted by atomic mass is 9.71. The summed E-state index contributed by atoms with van der Waals surface area (Å²) in [6.45, 7) is 10.5. The zero-order chi connectivity index (χ0) is 18.8. The molecule has 1 aliphatic carbocycles. The lowest BCUT2D eigenvalue weighted by molar-refractivity contribution is 0.128. The molecule has 0 unspecified atom stereocenters. The van der Waals surface area contributed by atoms with Crippen molar-refractivity contribution in [3.05, 3.63) is 35.4 Å². The van der Waals surface area contributed by atoms with Crippen LogP contribution in [-0.4, -0.2) is 66.6 Å². The van der Waals surface area contributed by atoms with E-state index in [1.54, 1.807) is 5.56 Å². The number of nitrogens with zero attached hydrogens (tertiary/aromatic N) is 3. The first-order valence-corrected chi connectivity index (χ1v) is 12.1. The standard InChI is InChI=1S/C25H39N3/c1-2-12-26(11-1)18-21-7-9-23(10-8-21)24-16-22(17-24)19-28-15-5-6-25(28)20-27-13-3-4-14-27/h7-10,22,24-25H,1-6,11-20H2/t22?,24?,25-/m0/s1. The zero-order valence-electron chi connectivity index (χ0n) is 17.7. The summed E-state index contributed by atoms with van der Waals surface area (Å²) in [5.74, 6) is 1.76. The molecule has 1 aromatic rings. The Morgan fingerprint density at radius 2 is 1.39 bits per heavy atom. The summed E-state index contributed by atoms with van der Waals surface area (Å²) in [6, 6.07) is 10.5. The van der Waals surface area contributed by atoms with Gasteiger partial charge in [0.15, 0.2) is 0 Å². The highest BCUT2D eigenvalue weighted by Gasteiger charge is 2.35. The van der Waals surface area contributed by atoms with Gasteiger partial charge in [-0.2, -0.15) is 0 Å². The van der Waals surface area contributed by atoms with Crippen LogP contribution < -0.4 is 0 Å². The van der Waals surface area contributed by atoms with Gasteiger partial charge in [-0.05, 0) is 107 Å². The highest BCUT2D eigenvalue weighted by molar-refractivity contribution is 5.27. The van der Waals surface area contributed by atoms with Crippen LogP contribution in [0.5, 0.6) is 0 Å². The van der Waals surface area contributed by atoms with Gasteiger partial charge in [0.25, 0.3) is 0 Å². The number of hydrogen-bond donors (Lipinski definition) is 0. The largest absolute Gasteiger partial charge is 0.302 e. The van der Waals surface area contributed by atoms with Crippen molar-refractivity contribution >= 4 is 0 Å². The fourth-order valence-corrected chi connectivity index (χ4v) is 6.19. The van der Waals surface area contributed by atoms with Gasteiger partial charge in [0.05, 0.1) is 0 Å². The van der Waals surface area contributed by atoms with E-state index in [-0.39, 0.29) is 0 Å². The minimum atomic E-state index is 0.825. The molecule has 28 heavy (non-hydrogen) atoms. The second-order valence-electron chi connectivity index (χ2n) is 10.1. The van der Waals surface area contributed by atoms with Gasteiger partial charge < -0.3 is 4.90 Å².